The van der Waals surface area contributed by atoms with Crippen LogP contribution in [0.1, 0.15) is 11.1 Å². The minimum atomic E-state index is -3.63. The second kappa shape index (κ2) is 10.7. The average Bonchev–Trinajstić information content (AvgIpc) is 2.88. The largest absolute Gasteiger partial charge is 0.338 e. The highest BCUT2D eigenvalue weighted by Gasteiger charge is 2.27. The maximum absolute atomic E-state index is 12.8. The molecule has 0 unspecified atom stereocenters. The van der Waals surface area contributed by atoms with E-state index < -0.39 is 33.7 Å². The van der Waals surface area contributed by atoms with Gasteiger partial charge in [0.1, 0.15) is 6.54 Å². The molecule has 0 saturated carbocycles. The minimum absolute atomic E-state index is 0.134. The molecule has 0 spiro atoms. The molecule has 9 nitrogen and oxygen atoms in total. The number of carbonyl (C=O) groups is 1. The van der Waals surface area contributed by atoms with E-state index >= 15 is 0 Å². The molecule has 2 heterocycles. The van der Waals surface area contributed by atoms with Crippen LogP contribution < -0.4 is 11.2 Å². The maximum atomic E-state index is 12.8. The molecule has 2 aromatic carbocycles. The van der Waals surface area contributed by atoms with Crippen molar-refractivity contribution >= 4 is 22.0 Å². The number of carbonyl (C=O) groups excluding carboxylic acids is 1. The van der Waals surface area contributed by atoms with Crippen molar-refractivity contribution in [3.05, 3.63) is 110 Å². The smallest absolute Gasteiger partial charge is 0.331 e. The van der Waals surface area contributed by atoms with Crippen LogP contribution in [0.4, 0.5) is 0 Å². The van der Waals surface area contributed by atoms with E-state index in [2.05, 4.69) is 0 Å². The molecule has 0 bridgehead atoms. The molecule has 0 N–H and O–H groups in total. The van der Waals surface area contributed by atoms with Gasteiger partial charge in [-0.3, -0.25) is 18.7 Å². The van der Waals surface area contributed by atoms with E-state index in [1.807, 2.05) is 60.7 Å². The third kappa shape index (κ3) is 6.03. The first-order valence-electron chi connectivity index (χ1n) is 11.2. The lowest BCUT2D eigenvalue weighted by Crippen LogP contribution is -2.52. The molecule has 35 heavy (non-hydrogen) atoms. The SMILES string of the molecule is O=C(Cn1c(=O)ccn(Cc2ccccc2)c1=O)N1CCN(S(=O)(=O)/C=C/c2ccccc2)CC1. The van der Waals surface area contributed by atoms with Gasteiger partial charge in [-0.15, -0.1) is 0 Å². The highest BCUT2D eigenvalue weighted by molar-refractivity contribution is 7.92. The molecule has 1 amide bonds. The number of nitrogens with zero attached hydrogens (tertiary/aromatic N) is 4. The van der Waals surface area contributed by atoms with E-state index in [1.165, 1.54) is 37.5 Å². The van der Waals surface area contributed by atoms with Crippen LogP contribution in [0.15, 0.2) is 87.9 Å². The number of benzene rings is 2. The molecule has 0 atom stereocenters. The van der Waals surface area contributed by atoms with E-state index in [0.29, 0.717) is 0 Å². The van der Waals surface area contributed by atoms with Gasteiger partial charge in [0.25, 0.3) is 5.56 Å². The van der Waals surface area contributed by atoms with Crippen molar-refractivity contribution in [3.8, 4) is 0 Å². The number of hydrogen-bond donors (Lipinski definition) is 0. The zero-order valence-electron chi connectivity index (χ0n) is 19.1. The topological polar surface area (TPSA) is 102 Å². The molecule has 0 radical (unpaired) electrons. The predicted octanol–water partition coefficient (Wildman–Crippen LogP) is 1.20. The summed E-state index contributed by atoms with van der Waals surface area (Å²) in [5, 5.41) is 1.17. The maximum Gasteiger partial charge on any atom is 0.331 e. The van der Waals surface area contributed by atoms with E-state index in [4.69, 9.17) is 0 Å². The van der Waals surface area contributed by atoms with Crippen molar-refractivity contribution < 1.29 is 13.2 Å². The van der Waals surface area contributed by atoms with Crippen molar-refractivity contribution in [2.75, 3.05) is 26.2 Å². The summed E-state index contributed by atoms with van der Waals surface area (Å²) in [5.74, 6) is -0.404. The van der Waals surface area contributed by atoms with Crippen molar-refractivity contribution in [1.82, 2.24) is 18.3 Å². The molecule has 10 heteroatoms. The molecule has 1 aromatic heterocycles. The lowest BCUT2D eigenvalue weighted by Gasteiger charge is -2.33. The Morgan fingerprint density at radius 3 is 2.14 bits per heavy atom. The summed E-state index contributed by atoms with van der Waals surface area (Å²) < 4.78 is 28.9. The first kappa shape index (κ1) is 24.4. The summed E-state index contributed by atoms with van der Waals surface area (Å²) in [4.78, 5) is 39.5. The molecular weight excluding hydrogens is 468 g/mol. The summed E-state index contributed by atoms with van der Waals surface area (Å²) >= 11 is 0. The number of rotatable bonds is 7. The van der Waals surface area contributed by atoms with Crippen LogP contribution in [0.3, 0.4) is 0 Å². The highest BCUT2D eigenvalue weighted by Crippen LogP contribution is 2.12. The Morgan fingerprint density at radius 2 is 1.49 bits per heavy atom. The molecule has 0 aliphatic carbocycles. The van der Waals surface area contributed by atoms with Crippen LogP contribution in [0, 0.1) is 0 Å². The average molecular weight is 495 g/mol. The molecule has 1 aliphatic heterocycles. The quantitative estimate of drug-likeness (QED) is 0.491. The Kier molecular flexibility index (Phi) is 7.42. The molecule has 1 saturated heterocycles. The van der Waals surface area contributed by atoms with E-state index in [1.54, 1.807) is 0 Å². The Balaban J connectivity index is 1.39. The van der Waals surface area contributed by atoms with Crippen molar-refractivity contribution in [1.29, 1.82) is 0 Å². The fraction of sp³-hybridized carbons (Fsp3) is 0.240. The van der Waals surface area contributed by atoms with Crippen LogP contribution in [0.5, 0.6) is 0 Å². The van der Waals surface area contributed by atoms with Crippen LogP contribution in [-0.4, -0.2) is 58.8 Å². The van der Waals surface area contributed by atoms with Crippen molar-refractivity contribution in [2.45, 2.75) is 13.1 Å². The summed E-state index contributed by atoms with van der Waals surface area (Å²) in [7, 11) is -3.63. The fourth-order valence-corrected chi connectivity index (χ4v) is 5.02. The lowest BCUT2D eigenvalue weighted by atomic mass is 10.2. The third-order valence-electron chi connectivity index (χ3n) is 5.81. The van der Waals surface area contributed by atoms with Crippen LogP contribution in [-0.2, 0) is 27.9 Å². The normalized spacial score (nSPS) is 14.9. The van der Waals surface area contributed by atoms with Gasteiger partial charge in [-0.05, 0) is 17.2 Å². The number of aromatic nitrogens is 2. The monoisotopic (exact) mass is 494 g/mol. The van der Waals surface area contributed by atoms with E-state index in [-0.39, 0.29) is 32.7 Å². The van der Waals surface area contributed by atoms with Gasteiger partial charge in [0, 0.05) is 43.9 Å². The van der Waals surface area contributed by atoms with Crippen LogP contribution in [0.2, 0.25) is 0 Å². The van der Waals surface area contributed by atoms with Gasteiger partial charge in [-0.1, -0.05) is 60.7 Å². The highest BCUT2D eigenvalue weighted by atomic mass is 32.2. The van der Waals surface area contributed by atoms with Gasteiger partial charge < -0.3 is 4.90 Å². The number of sulfonamides is 1. The fourth-order valence-electron chi connectivity index (χ4n) is 3.84. The lowest BCUT2D eigenvalue weighted by molar-refractivity contribution is -0.133. The standard InChI is InChI=1S/C25H26N4O5S/c30-23-11-13-27(19-22-9-5-2-6-10-22)25(32)29(23)20-24(31)26-14-16-28(17-15-26)35(33,34)18-12-21-7-3-1-4-8-21/h1-13,18H,14-17,19-20H2/b18-12+. The first-order valence-corrected chi connectivity index (χ1v) is 12.7. The molecule has 4 rings (SSSR count). The second-order valence-electron chi connectivity index (χ2n) is 8.17. The molecule has 1 aliphatic rings. The van der Waals surface area contributed by atoms with Crippen molar-refractivity contribution in [3.63, 3.8) is 0 Å². The third-order valence-corrected chi connectivity index (χ3v) is 7.38. The summed E-state index contributed by atoms with van der Waals surface area (Å²) in [6.07, 6.45) is 2.96. The molecule has 3 aromatic rings. The Labute approximate surface area is 203 Å². The summed E-state index contributed by atoms with van der Waals surface area (Å²) in [6, 6.07) is 19.7. The van der Waals surface area contributed by atoms with Gasteiger partial charge in [-0.2, -0.15) is 4.31 Å². The van der Waals surface area contributed by atoms with Crippen molar-refractivity contribution in [2.24, 2.45) is 0 Å². The van der Waals surface area contributed by atoms with E-state index in [9.17, 15) is 22.8 Å². The number of piperazine rings is 1. The zero-order valence-corrected chi connectivity index (χ0v) is 19.9. The van der Waals surface area contributed by atoms with Gasteiger partial charge in [0.05, 0.1) is 6.54 Å². The predicted molar refractivity (Wildman–Crippen MR) is 133 cm³/mol. The molecular formula is C25H26N4O5S. The van der Waals surface area contributed by atoms with E-state index in [0.717, 1.165) is 15.7 Å². The second-order valence-corrected chi connectivity index (χ2v) is 9.99. The van der Waals surface area contributed by atoms with Gasteiger partial charge in [0.15, 0.2) is 0 Å². The van der Waals surface area contributed by atoms with Gasteiger partial charge in [-0.25, -0.2) is 13.2 Å². The first-order chi connectivity index (χ1) is 16.8. The Bertz CT molecular complexity index is 1420. The number of hydrogen-bond acceptors (Lipinski definition) is 5. The molecule has 182 valence electrons. The van der Waals surface area contributed by atoms with Crippen LogP contribution in [0.25, 0.3) is 6.08 Å². The van der Waals surface area contributed by atoms with Gasteiger partial charge in [0.2, 0.25) is 15.9 Å². The molecule has 1 fully saturated rings. The van der Waals surface area contributed by atoms with Crippen LogP contribution >= 0.6 is 0 Å². The van der Waals surface area contributed by atoms with Gasteiger partial charge >= 0.3 is 5.69 Å². The zero-order chi connectivity index (χ0) is 24.8. The Hall–Kier alpha value is -3.76. The summed E-state index contributed by atoms with van der Waals surface area (Å²) in [6.45, 7) is 0.507. The Morgan fingerprint density at radius 1 is 0.857 bits per heavy atom. The number of amides is 1. The summed E-state index contributed by atoms with van der Waals surface area (Å²) in [5.41, 5.74) is 0.544. The minimum Gasteiger partial charge on any atom is -0.338 e.